The van der Waals surface area contributed by atoms with E-state index in [0.29, 0.717) is 23.5 Å². The minimum atomic E-state index is -0.955. The second kappa shape index (κ2) is 14.0. The lowest BCUT2D eigenvalue weighted by Crippen LogP contribution is -2.39. The summed E-state index contributed by atoms with van der Waals surface area (Å²) in [5.41, 5.74) is 6.37. The molecule has 0 amide bonds. The molecule has 0 saturated carbocycles. The maximum Gasteiger partial charge on any atom is 0.278 e. The van der Waals surface area contributed by atoms with Crippen LogP contribution in [0.4, 0.5) is 5.95 Å². The van der Waals surface area contributed by atoms with Crippen molar-refractivity contribution in [3.63, 3.8) is 0 Å². The minimum Gasteiger partial charge on any atom is -0.267 e. The van der Waals surface area contributed by atoms with Gasteiger partial charge in [0.05, 0.1) is 6.21 Å². The van der Waals surface area contributed by atoms with Crippen LogP contribution in [0.2, 0.25) is 0 Å². The Balaban J connectivity index is 1.37. The Hall–Kier alpha value is -6.61. The van der Waals surface area contributed by atoms with Crippen molar-refractivity contribution < 1.29 is 4.79 Å². The van der Waals surface area contributed by atoms with Gasteiger partial charge in [-0.05, 0) is 62.7 Å². The number of nitrogens with zero attached hydrogens (tertiary/aromatic N) is 7. The molecule has 0 unspecified atom stereocenters. The molecular formula is C43H35N7O2. The zero-order chi connectivity index (χ0) is 35.5. The summed E-state index contributed by atoms with van der Waals surface area (Å²) >= 11 is 0. The number of aliphatic imine (C=N–C) groups is 1. The quantitative estimate of drug-likeness (QED) is 0.130. The number of hydrogen-bond acceptors (Lipinski definition) is 7. The van der Waals surface area contributed by atoms with Crippen LogP contribution in [-0.4, -0.2) is 41.9 Å². The van der Waals surface area contributed by atoms with Gasteiger partial charge in [-0.3, -0.25) is 9.59 Å². The Bertz CT molecular complexity index is 2360. The molecule has 9 heteroatoms. The zero-order valence-corrected chi connectivity index (χ0v) is 28.6. The van der Waals surface area contributed by atoms with Gasteiger partial charge in [-0.1, -0.05) is 147 Å². The average Bonchev–Trinajstić information content (AvgIpc) is 3.83. The lowest BCUT2D eigenvalue weighted by molar-refractivity contribution is 0.0998. The van der Waals surface area contributed by atoms with Gasteiger partial charge in [-0.2, -0.15) is 4.98 Å². The van der Waals surface area contributed by atoms with Crippen molar-refractivity contribution in [3.05, 3.63) is 183 Å². The number of rotatable bonds is 11. The predicted octanol–water partition coefficient (Wildman–Crippen LogP) is 7.69. The molecule has 254 valence electrons. The van der Waals surface area contributed by atoms with Crippen LogP contribution in [-0.2, 0) is 18.4 Å². The molecule has 0 saturated heterocycles. The topological polar surface area (TPSA) is 108 Å². The van der Waals surface area contributed by atoms with Gasteiger partial charge < -0.3 is 0 Å². The lowest BCUT2D eigenvalue weighted by atomic mass is 9.76. The van der Waals surface area contributed by atoms with Gasteiger partial charge in [-0.15, -0.1) is 5.10 Å². The first-order chi connectivity index (χ1) is 25.6. The highest BCUT2D eigenvalue weighted by Crippen LogP contribution is 2.43. The molecule has 8 rings (SSSR count). The molecule has 5 aromatic carbocycles. The second-order valence-electron chi connectivity index (χ2n) is 12.8. The first kappa shape index (κ1) is 32.6. The van der Waals surface area contributed by atoms with E-state index in [1.807, 2.05) is 83.5 Å². The molecule has 7 aromatic rings. The Morgan fingerprint density at radius 3 is 1.88 bits per heavy atom. The zero-order valence-electron chi connectivity index (χ0n) is 28.6. The highest BCUT2D eigenvalue weighted by atomic mass is 16.2. The third kappa shape index (κ3) is 5.66. The first-order valence-electron chi connectivity index (χ1n) is 17.5. The normalized spacial score (nSPS) is 12.3. The number of benzene rings is 5. The molecular weight excluding hydrogens is 647 g/mol. The van der Waals surface area contributed by atoms with Gasteiger partial charge in [0.2, 0.25) is 5.95 Å². The fourth-order valence-electron chi connectivity index (χ4n) is 7.31. The largest absolute Gasteiger partial charge is 0.278 e. The molecule has 0 aliphatic carbocycles. The van der Waals surface area contributed by atoms with Crippen molar-refractivity contribution in [1.82, 2.24) is 29.8 Å². The monoisotopic (exact) mass is 681 g/mol. The molecule has 1 aliphatic rings. The maximum absolute atomic E-state index is 13.6. The van der Waals surface area contributed by atoms with E-state index in [2.05, 4.69) is 82.8 Å². The van der Waals surface area contributed by atoms with Gasteiger partial charge in [0.15, 0.2) is 5.82 Å². The van der Waals surface area contributed by atoms with Crippen LogP contribution in [0.3, 0.4) is 0 Å². The second-order valence-corrected chi connectivity index (χ2v) is 12.8. The summed E-state index contributed by atoms with van der Waals surface area (Å²) in [6, 6.07) is 47.2. The molecule has 1 aliphatic heterocycles. The summed E-state index contributed by atoms with van der Waals surface area (Å²) in [6.07, 6.45) is 3.78. The van der Waals surface area contributed by atoms with E-state index >= 15 is 0 Å². The molecule has 0 spiro atoms. The van der Waals surface area contributed by atoms with Gasteiger partial charge in [0.1, 0.15) is 5.54 Å². The number of fused-ring (bicyclic) bond motifs is 1. The van der Waals surface area contributed by atoms with E-state index in [9.17, 15) is 9.59 Å². The highest BCUT2D eigenvalue weighted by Gasteiger charge is 2.42. The van der Waals surface area contributed by atoms with Crippen LogP contribution in [0.15, 0.2) is 149 Å². The Morgan fingerprint density at radius 2 is 1.29 bits per heavy atom. The predicted molar refractivity (Wildman–Crippen MR) is 202 cm³/mol. The molecule has 2 aromatic heterocycles. The van der Waals surface area contributed by atoms with Crippen molar-refractivity contribution in [2.75, 3.05) is 0 Å². The average molecular weight is 682 g/mol. The lowest BCUT2D eigenvalue weighted by Gasteiger charge is -2.36. The summed E-state index contributed by atoms with van der Waals surface area (Å²) in [4.78, 5) is 34.8. The van der Waals surface area contributed by atoms with Gasteiger partial charge >= 0.3 is 0 Å². The summed E-state index contributed by atoms with van der Waals surface area (Å²) in [6.45, 7) is 2.08. The molecule has 9 nitrogen and oxygen atoms in total. The SMILES string of the molecule is CCCCc1c(Cc2ccc(-c3ccccc3)c(-c3nnnn3C(c3ccccc3)(c3ccccc3)c3ccccc3)c2)c(=O)nc2n1C(=O)C=N2. The Labute approximate surface area is 301 Å². The van der Waals surface area contributed by atoms with Crippen LogP contribution in [0.25, 0.3) is 22.5 Å². The Kier molecular flexibility index (Phi) is 8.74. The van der Waals surface area contributed by atoms with Gasteiger partial charge in [-0.25, -0.2) is 14.2 Å². The van der Waals surface area contributed by atoms with Crippen molar-refractivity contribution >= 4 is 18.1 Å². The smallest absolute Gasteiger partial charge is 0.267 e. The summed E-state index contributed by atoms with van der Waals surface area (Å²) in [5.74, 6) is 0.410. The maximum atomic E-state index is 13.6. The van der Waals surface area contributed by atoms with Crippen LogP contribution in [0.1, 0.15) is 58.1 Å². The number of hydrogen-bond donors (Lipinski definition) is 0. The fourth-order valence-corrected chi connectivity index (χ4v) is 7.31. The van der Waals surface area contributed by atoms with E-state index in [0.717, 1.165) is 51.8 Å². The first-order valence-corrected chi connectivity index (χ1v) is 17.5. The van der Waals surface area contributed by atoms with Crippen molar-refractivity contribution in [2.45, 2.75) is 38.1 Å². The number of carbonyl (C=O) groups is 1. The van der Waals surface area contributed by atoms with E-state index in [1.54, 1.807) is 0 Å². The van der Waals surface area contributed by atoms with Crippen LogP contribution < -0.4 is 5.56 Å². The number of tetrazole rings is 1. The summed E-state index contributed by atoms with van der Waals surface area (Å²) < 4.78 is 3.41. The minimum absolute atomic E-state index is 0.142. The van der Waals surface area contributed by atoms with Crippen LogP contribution in [0, 0.1) is 0 Å². The molecule has 0 bridgehead atoms. The van der Waals surface area contributed by atoms with Gasteiger partial charge in [0, 0.05) is 23.2 Å². The van der Waals surface area contributed by atoms with Crippen LogP contribution in [0.5, 0.6) is 0 Å². The number of aromatic nitrogens is 6. The van der Waals surface area contributed by atoms with E-state index in [1.165, 1.54) is 10.8 Å². The van der Waals surface area contributed by atoms with Crippen LogP contribution >= 0.6 is 0 Å². The number of carbonyl (C=O) groups excluding carboxylic acids is 1. The van der Waals surface area contributed by atoms with E-state index in [-0.39, 0.29) is 23.8 Å². The van der Waals surface area contributed by atoms with Crippen molar-refractivity contribution in [3.8, 4) is 22.5 Å². The third-order valence-corrected chi connectivity index (χ3v) is 9.71. The number of unbranched alkanes of at least 4 members (excludes halogenated alkanes) is 1. The van der Waals surface area contributed by atoms with E-state index in [4.69, 9.17) is 10.3 Å². The molecule has 0 N–H and O–H groups in total. The van der Waals surface area contributed by atoms with E-state index < -0.39 is 5.54 Å². The molecule has 0 atom stereocenters. The summed E-state index contributed by atoms with van der Waals surface area (Å²) in [5, 5.41) is 13.9. The van der Waals surface area contributed by atoms with Gasteiger partial charge in [0.25, 0.3) is 11.5 Å². The Morgan fingerprint density at radius 1 is 0.692 bits per heavy atom. The molecule has 52 heavy (non-hydrogen) atoms. The fraction of sp³-hybridized carbons (Fsp3) is 0.140. The third-order valence-electron chi connectivity index (χ3n) is 9.71. The highest BCUT2D eigenvalue weighted by molar-refractivity contribution is 6.30. The van der Waals surface area contributed by atoms with Crippen molar-refractivity contribution in [1.29, 1.82) is 0 Å². The molecule has 0 fully saturated rings. The molecule has 3 heterocycles. The van der Waals surface area contributed by atoms with Crippen molar-refractivity contribution in [2.24, 2.45) is 4.99 Å². The molecule has 0 radical (unpaired) electrons. The summed E-state index contributed by atoms with van der Waals surface area (Å²) in [7, 11) is 0. The standard InChI is InChI=1S/C43H35N7O2/c1-2-3-24-38-37(41(52)45-42-44-29-39(51)49(38)42)28-30-25-26-35(31-16-8-4-9-17-31)36(27-30)40-46-47-48-50(40)43(32-18-10-5-11-19-32,33-20-12-6-13-21-33)34-22-14-7-15-23-34/h4-23,25-27,29H,2-3,24,28H2,1H3.